The van der Waals surface area contributed by atoms with E-state index in [9.17, 15) is 19.4 Å². The molecule has 0 spiro atoms. The van der Waals surface area contributed by atoms with Gasteiger partial charge in [-0.3, -0.25) is 13.8 Å². The van der Waals surface area contributed by atoms with Crippen molar-refractivity contribution in [1.29, 1.82) is 0 Å². The molecule has 0 aliphatic heterocycles. The van der Waals surface area contributed by atoms with E-state index in [1.807, 2.05) is 27.2 Å². The molecular formula is C72H140N2O6P+. The Morgan fingerprint density at radius 3 is 1.06 bits per heavy atom. The van der Waals surface area contributed by atoms with Crippen LogP contribution in [0, 0.1) is 0 Å². The molecule has 478 valence electrons. The number of phosphoric acid groups is 1. The number of amides is 1. The van der Waals surface area contributed by atoms with E-state index in [1.165, 1.54) is 289 Å². The van der Waals surface area contributed by atoms with Crippen molar-refractivity contribution in [2.75, 3.05) is 40.9 Å². The van der Waals surface area contributed by atoms with Crippen LogP contribution >= 0.6 is 7.82 Å². The van der Waals surface area contributed by atoms with E-state index in [0.29, 0.717) is 17.4 Å². The van der Waals surface area contributed by atoms with Crippen molar-refractivity contribution in [1.82, 2.24) is 5.32 Å². The summed E-state index contributed by atoms with van der Waals surface area (Å²) in [5.41, 5.74) is 0. The lowest BCUT2D eigenvalue weighted by atomic mass is 10.0. The molecular weight excluding hydrogens is 1020 g/mol. The van der Waals surface area contributed by atoms with Crippen LogP contribution in [0.1, 0.15) is 354 Å². The molecule has 81 heavy (non-hydrogen) atoms. The van der Waals surface area contributed by atoms with Crippen LogP contribution in [-0.4, -0.2) is 73.4 Å². The van der Waals surface area contributed by atoms with Gasteiger partial charge >= 0.3 is 7.82 Å². The summed E-state index contributed by atoms with van der Waals surface area (Å²) in [6.45, 7) is 4.84. The second-order valence-corrected chi connectivity index (χ2v) is 27.1. The van der Waals surface area contributed by atoms with Gasteiger partial charge in [0.2, 0.25) is 5.91 Å². The summed E-state index contributed by atoms with van der Waals surface area (Å²) >= 11 is 0. The van der Waals surface area contributed by atoms with E-state index in [0.717, 1.165) is 44.9 Å². The summed E-state index contributed by atoms with van der Waals surface area (Å²) in [5.74, 6) is -0.181. The Bertz CT molecular complexity index is 1460. The minimum atomic E-state index is -4.36. The van der Waals surface area contributed by atoms with Gasteiger partial charge in [-0.15, -0.1) is 0 Å². The van der Waals surface area contributed by atoms with Crippen molar-refractivity contribution in [3.05, 3.63) is 48.6 Å². The number of phosphoric ester groups is 1. The number of quaternary nitrogens is 1. The van der Waals surface area contributed by atoms with Crippen molar-refractivity contribution in [3.8, 4) is 0 Å². The number of nitrogens with zero attached hydrogens (tertiary/aromatic N) is 1. The first-order valence-electron chi connectivity index (χ1n) is 35.5. The minimum absolute atomic E-state index is 0.0569. The Labute approximate surface area is 505 Å². The second-order valence-electron chi connectivity index (χ2n) is 25.6. The van der Waals surface area contributed by atoms with Gasteiger partial charge in [0, 0.05) is 6.42 Å². The van der Waals surface area contributed by atoms with E-state index < -0.39 is 20.0 Å². The highest BCUT2D eigenvalue weighted by atomic mass is 31.2. The summed E-state index contributed by atoms with van der Waals surface area (Å²) in [7, 11) is 1.57. The Hall–Kier alpha value is -1.54. The molecule has 0 radical (unpaired) electrons. The fraction of sp³-hybridized carbons (Fsp3) is 0.875. The lowest BCUT2D eigenvalue weighted by molar-refractivity contribution is -0.870. The first-order chi connectivity index (χ1) is 39.5. The van der Waals surface area contributed by atoms with Gasteiger partial charge < -0.3 is 19.8 Å². The summed E-state index contributed by atoms with van der Waals surface area (Å²) in [6, 6.07) is -0.865. The minimum Gasteiger partial charge on any atom is -0.387 e. The van der Waals surface area contributed by atoms with Gasteiger partial charge in [-0.05, 0) is 64.2 Å². The molecule has 0 rings (SSSR count). The molecule has 0 saturated heterocycles. The van der Waals surface area contributed by atoms with Crippen molar-refractivity contribution in [3.63, 3.8) is 0 Å². The summed E-state index contributed by atoms with van der Waals surface area (Å²) in [5, 5.41) is 14.0. The molecule has 3 atom stereocenters. The number of carbonyl (C=O) groups excluding carboxylic acids is 1. The highest BCUT2D eigenvalue weighted by Crippen LogP contribution is 2.43. The van der Waals surface area contributed by atoms with Gasteiger partial charge in [0.15, 0.2) is 0 Å². The van der Waals surface area contributed by atoms with E-state index in [1.54, 1.807) is 6.08 Å². The third-order valence-electron chi connectivity index (χ3n) is 16.3. The zero-order chi connectivity index (χ0) is 59.1. The number of allylic oxidation sites excluding steroid dienone is 7. The Morgan fingerprint density at radius 2 is 0.716 bits per heavy atom. The van der Waals surface area contributed by atoms with Crippen LogP contribution in [0.4, 0.5) is 0 Å². The molecule has 0 aliphatic rings. The van der Waals surface area contributed by atoms with Gasteiger partial charge in [0.25, 0.3) is 0 Å². The standard InChI is InChI=1S/C72H139N2O6P/c1-6-8-10-12-14-16-18-20-22-24-26-28-30-32-34-36-38-39-41-43-45-47-49-51-53-55-57-59-61-63-65-71(75)70(69-80-81(77,78)79-68-67-74(3,4)5)73-72(76)66-64-62-60-58-56-54-52-50-48-46-44-42-40-37-35-33-31-29-27-25-23-21-19-17-15-13-11-9-7-2/h19,21,25,27,55,57,63,65,70-71,75H,6-18,20,22-24,26,28-54,56,58-62,64,66-69H2,1-5H3,(H-,73,76,77,78)/p+1/b21-19-,27-25-,57-55+,65-63+. The Morgan fingerprint density at radius 1 is 0.420 bits per heavy atom. The molecule has 3 unspecified atom stereocenters. The van der Waals surface area contributed by atoms with Crippen molar-refractivity contribution >= 4 is 13.7 Å². The van der Waals surface area contributed by atoms with Crippen LogP contribution in [0.3, 0.4) is 0 Å². The molecule has 1 amide bonds. The maximum absolute atomic E-state index is 13.0. The van der Waals surface area contributed by atoms with Crippen LogP contribution < -0.4 is 5.32 Å². The third kappa shape index (κ3) is 65.9. The number of nitrogens with one attached hydrogen (secondary N) is 1. The largest absolute Gasteiger partial charge is 0.472 e. The highest BCUT2D eigenvalue weighted by molar-refractivity contribution is 7.47. The highest BCUT2D eigenvalue weighted by Gasteiger charge is 2.28. The maximum Gasteiger partial charge on any atom is 0.472 e. The normalized spacial score (nSPS) is 13.9. The number of likely N-dealkylation sites (N-methyl/N-ethyl adjacent to an activating group) is 1. The molecule has 0 aromatic carbocycles. The predicted octanol–water partition coefficient (Wildman–Crippen LogP) is 22.6. The van der Waals surface area contributed by atoms with Crippen LogP contribution in [0.15, 0.2) is 48.6 Å². The molecule has 0 aromatic heterocycles. The van der Waals surface area contributed by atoms with Gasteiger partial charge in [-0.25, -0.2) is 4.57 Å². The molecule has 8 nitrogen and oxygen atoms in total. The van der Waals surface area contributed by atoms with Crippen molar-refractivity contribution in [2.45, 2.75) is 366 Å². The number of aliphatic hydroxyl groups excluding tert-OH is 1. The average Bonchev–Trinajstić information content (AvgIpc) is 3.43. The SMILES string of the molecule is CCCCCCC/C=C\C/C=C\CCCCCCCCCCCCCCCCCCCC(=O)NC(COP(=O)(O)OCC[N+](C)(C)C)C(O)/C=C/CC/C=C/CCCCCCCCCCCCCCCCCCCCCCCCCC. The van der Waals surface area contributed by atoms with Crippen LogP contribution in [-0.2, 0) is 18.4 Å². The number of unbranched alkanes of at least 4 members (excludes halogenated alkanes) is 47. The number of aliphatic hydroxyl groups is 1. The van der Waals surface area contributed by atoms with Gasteiger partial charge in [-0.1, -0.05) is 332 Å². The van der Waals surface area contributed by atoms with Crippen LogP contribution in [0.5, 0.6) is 0 Å². The molecule has 0 saturated carbocycles. The van der Waals surface area contributed by atoms with Gasteiger partial charge in [0.1, 0.15) is 13.2 Å². The topological polar surface area (TPSA) is 105 Å². The number of hydrogen-bond acceptors (Lipinski definition) is 5. The molecule has 0 bridgehead atoms. The van der Waals surface area contributed by atoms with E-state index in [-0.39, 0.29) is 19.1 Å². The molecule has 3 N–H and O–H groups in total. The van der Waals surface area contributed by atoms with Gasteiger partial charge in [-0.2, -0.15) is 0 Å². The fourth-order valence-corrected chi connectivity index (χ4v) is 11.5. The summed E-state index contributed by atoms with van der Waals surface area (Å²) in [6.07, 6.45) is 85.6. The molecule has 9 heteroatoms. The van der Waals surface area contributed by atoms with Crippen molar-refractivity contribution in [2.24, 2.45) is 0 Å². The first-order valence-corrected chi connectivity index (χ1v) is 37.0. The molecule has 0 aromatic rings. The monoisotopic (exact) mass is 1160 g/mol. The third-order valence-corrected chi connectivity index (χ3v) is 17.3. The predicted molar refractivity (Wildman–Crippen MR) is 355 cm³/mol. The molecule has 0 heterocycles. The van der Waals surface area contributed by atoms with Crippen LogP contribution in [0.2, 0.25) is 0 Å². The Balaban J connectivity index is 4.08. The molecule has 0 aliphatic carbocycles. The maximum atomic E-state index is 13.0. The second kappa shape index (κ2) is 63.0. The number of carbonyl (C=O) groups is 1. The lowest BCUT2D eigenvalue weighted by Crippen LogP contribution is -2.45. The number of hydrogen-bond donors (Lipinski definition) is 3. The van der Waals surface area contributed by atoms with Crippen molar-refractivity contribution < 1.29 is 32.9 Å². The van der Waals surface area contributed by atoms with Crippen LogP contribution in [0.25, 0.3) is 0 Å². The molecule has 0 fully saturated rings. The van der Waals surface area contributed by atoms with E-state index in [2.05, 4.69) is 55.6 Å². The zero-order valence-corrected chi connectivity index (χ0v) is 55.7. The van der Waals surface area contributed by atoms with E-state index in [4.69, 9.17) is 9.05 Å². The fourth-order valence-electron chi connectivity index (χ4n) is 10.7. The summed E-state index contributed by atoms with van der Waals surface area (Å²) < 4.78 is 23.8. The first kappa shape index (κ1) is 79.5. The van der Waals surface area contributed by atoms with E-state index >= 15 is 0 Å². The lowest BCUT2D eigenvalue weighted by Gasteiger charge is -2.25. The quantitative estimate of drug-likeness (QED) is 0.0243. The average molecular weight is 1160 g/mol. The zero-order valence-electron chi connectivity index (χ0n) is 54.8. The Kier molecular flexibility index (Phi) is 61.8. The smallest absolute Gasteiger partial charge is 0.387 e. The number of rotatable bonds is 66. The summed E-state index contributed by atoms with van der Waals surface area (Å²) in [4.78, 5) is 23.4. The van der Waals surface area contributed by atoms with Gasteiger partial charge in [0.05, 0.1) is 39.9 Å².